The zero-order chi connectivity index (χ0) is 14.5. The molecule has 1 aromatic carbocycles. The molecule has 0 bridgehead atoms. The Morgan fingerprint density at radius 3 is 2.53 bits per heavy atom. The number of aliphatic hydroxyl groups excluding tert-OH is 1. The van der Waals surface area contributed by atoms with Crippen LogP contribution in [0.4, 0.5) is 13.2 Å². The number of methoxy groups -OCH3 is 1. The van der Waals surface area contributed by atoms with Gasteiger partial charge in [0.1, 0.15) is 11.5 Å². The molecule has 0 aliphatic heterocycles. The minimum absolute atomic E-state index is 0.0631. The fraction of sp³-hybridized carbons (Fsp3) is 0.538. The normalized spacial score (nSPS) is 13.2. The van der Waals surface area contributed by atoms with E-state index in [1.807, 2.05) is 0 Å². The second kappa shape index (κ2) is 6.65. The topological polar surface area (TPSA) is 38.7 Å². The van der Waals surface area contributed by atoms with Gasteiger partial charge in [0.2, 0.25) is 0 Å². The van der Waals surface area contributed by atoms with Crippen molar-refractivity contribution in [2.75, 3.05) is 13.7 Å². The standard InChI is InChI=1S/C13H17F3O3/c1-9(17)11-5-4-10(18-2)8-12(11)19-7-3-6-13(14,15)16/h4-5,8-9,17H,3,6-7H2,1-2H3/t9-/m1/s1. The molecule has 0 saturated heterocycles. The minimum atomic E-state index is -4.18. The molecule has 0 aliphatic carbocycles. The number of alkyl halides is 3. The van der Waals surface area contributed by atoms with Crippen molar-refractivity contribution in [2.24, 2.45) is 0 Å². The van der Waals surface area contributed by atoms with E-state index in [0.717, 1.165) is 0 Å². The molecule has 0 heterocycles. The minimum Gasteiger partial charge on any atom is -0.497 e. The zero-order valence-corrected chi connectivity index (χ0v) is 10.8. The molecule has 1 aromatic rings. The lowest BCUT2D eigenvalue weighted by Crippen LogP contribution is -2.10. The van der Waals surface area contributed by atoms with E-state index in [0.29, 0.717) is 17.1 Å². The van der Waals surface area contributed by atoms with E-state index >= 15 is 0 Å². The third-order valence-corrected chi connectivity index (χ3v) is 2.53. The van der Waals surface area contributed by atoms with Gasteiger partial charge in [-0.2, -0.15) is 13.2 Å². The second-order valence-corrected chi connectivity index (χ2v) is 4.15. The summed E-state index contributed by atoms with van der Waals surface area (Å²) >= 11 is 0. The van der Waals surface area contributed by atoms with E-state index in [-0.39, 0.29) is 13.0 Å². The first-order valence-corrected chi connectivity index (χ1v) is 5.89. The Kier molecular flexibility index (Phi) is 5.47. The average Bonchev–Trinajstić information content (AvgIpc) is 2.33. The van der Waals surface area contributed by atoms with Crippen LogP contribution in [0.1, 0.15) is 31.4 Å². The summed E-state index contributed by atoms with van der Waals surface area (Å²) in [5.74, 6) is 0.867. The predicted molar refractivity (Wildman–Crippen MR) is 64.4 cm³/mol. The highest BCUT2D eigenvalue weighted by atomic mass is 19.4. The molecule has 1 rings (SSSR count). The van der Waals surface area contributed by atoms with Crippen molar-refractivity contribution < 1.29 is 27.8 Å². The van der Waals surface area contributed by atoms with Gasteiger partial charge in [-0.3, -0.25) is 0 Å². The molecular formula is C13H17F3O3. The van der Waals surface area contributed by atoms with Crippen molar-refractivity contribution in [3.05, 3.63) is 23.8 Å². The smallest absolute Gasteiger partial charge is 0.389 e. The third-order valence-electron chi connectivity index (χ3n) is 2.53. The quantitative estimate of drug-likeness (QED) is 0.810. The summed E-state index contributed by atoms with van der Waals surface area (Å²) in [5, 5.41) is 9.55. The van der Waals surface area contributed by atoms with Gasteiger partial charge in [-0.05, 0) is 25.5 Å². The summed E-state index contributed by atoms with van der Waals surface area (Å²) < 4.78 is 46.3. The molecular weight excluding hydrogens is 261 g/mol. The fourth-order valence-corrected chi connectivity index (χ4v) is 1.57. The van der Waals surface area contributed by atoms with Crippen LogP contribution < -0.4 is 9.47 Å². The van der Waals surface area contributed by atoms with E-state index in [1.165, 1.54) is 7.11 Å². The zero-order valence-electron chi connectivity index (χ0n) is 10.8. The fourth-order valence-electron chi connectivity index (χ4n) is 1.57. The second-order valence-electron chi connectivity index (χ2n) is 4.15. The molecule has 1 atom stereocenters. The Labute approximate surface area is 110 Å². The van der Waals surface area contributed by atoms with Gasteiger partial charge in [0.25, 0.3) is 0 Å². The maximum atomic E-state index is 12.0. The summed E-state index contributed by atoms with van der Waals surface area (Å²) in [6.07, 6.45) is -5.95. The number of ether oxygens (including phenoxy) is 2. The van der Waals surface area contributed by atoms with Gasteiger partial charge in [-0.1, -0.05) is 0 Å². The molecule has 0 amide bonds. The molecule has 108 valence electrons. The van der Waals surface area contributed by atoms with Crippen molar-refractivity contribution in [1.29, 1.82) is 0 Å². The van der Waals surface area contributed by atoms with Crippen LogP contribution in [0.2, 0.25) is 0 Å². The summed E-state index contributed by atoms with van der Waals surface area (Å²) in [6.45, 7) is 1.50. The number of benzene rings is 1. The number of rotatable bonds is 6. The molecule has 1 N–H and O–H groups in total. The number of halogens is 3. The predicted octanol–water partition coefficient (Wildman–Crippen LogP) is 3.47. The first kappa shape index (κ1) is 15.6. The van der Waals surface area contributed by atoms with Crippen LogP contribution in [0.3, 0.4) is 0 Å². The average molecular weight is 278 g/mol. The Bertz CT molecular complexity index is 403. The third kappa shape index (κ3) is 5.38. The van der Waals surface area contributed by atoms with Crippen LogP contribution in [0.15, 0.2) is 18.2 Å². The lowest BCUT2D eigenvalue weighted by Gasteiger charge is -2.15. The lowest BCUT2D eigenvalue weighted by molar-refractivity contribution is -0.136. The number of hydrogen-bond acceptors (Lipinski definition) is 3. The molecule has 0 saturated carbocycles. The molecule has 19 heavy (non-hydrogen) atoms. The van der Waals surface area contributed by atoms with E-state index in [9.17, 15) is 18.3 Å². The van der Waals surface area contributed by atoms with Crippen molar-refractivity contribution in [3.63, 3.8) is 0 Å². The molecule has 6 heteroatoms. The molecule has 0 radical (unpaired) electrons. The van der Waals surface area contributed by atoms with E-state index in [4.69, 9.17) is 9.47 Å². The Morgan fingerprint density at radius 2 is 2.00 bits per heavy atom. The van der Waals surface area contributed by atoms with Crippen LogP contribution in [-0.2, 0) is 0 Å². The first-order chi connectivity index (χ1) is 8.83. The maximum absolute atomic E-state index is 12.0. The van der Waals surface area contributed by atoms with Crippen molar-refractivity contribution >= 4 is 0 Å². The first-order valence-electron chi connectivity index (χ1n) is 5.89. The molecule has 0 aliphatic rings. The summed E-state index contributed by atoms with van der Waals surface area (Å²) in [5.41, 5.74) is 0.521. The highest BCUT2D eigenvalue weighted by Gasteiger charge is 2.26. The number of hydrogen-bond donors (Lipinski definition) is 1. The van der Waals surface area contributed by atoms with Gasteiger partial charge in [-0.15, -0.1) is 0 Å². The Hall–Kier alpha value is -1.43. The lowest BCUT2D eigenvalue weighted by atomic mass is 10.1. The summed E-state index contributed by atoms with van der Waals surface area (Å²) in [7, 11) is 1.48. The van der Waals surface area contributed by atoms with Crippen LogP contribution in [0.25, 0.3) is 0 Å². The van der Waals surface area contributed by atoms with Crippen molar-refractivity contribution in [1.82, 2.24) is 0 Å². The van der Waals surface area contributed by atoms with E-state index < -0.39 is 18.7 Å². The Morgan fingerprint density at radius 1 is 1.32 bits per heavy atom. The van der Waals surface area contributed by atoms with Gasteiger partial charge in [0.15, 0.2) is 0 Å². The van der Waals surface area contributed by atoms with Crippen molar-refractivity contribution in [3.8, 4) is 11.5 Å². The molecule has 0 unspecified atom stereocenters. The number of aliphatic hydroxyl groups is 1. The van der Waals surface area contributed by atoms with Gasteiger partial charge in [0, 0.05) is 18.1 Å². The van der Waals surface area contributed by atoms with Gasteiger partial charge < -0.3 is 14.6 Å². The van der Waals surface area contributed by atoms with Crippen LogP contribution in [0.5, 0.6) is 11.5 Å². The van der Waals surface area contributed by atoms with Crippen LogP contribution in [0, 0.1) is 0 Å². The van der Waals surface area contributed by atoms with E-state index in [1.54, 1.807) is 25.1 Å². The molecule has 0 fully saturated rings. The van der Waals surface area contributed by atoms with Crippen molar-refractivity contribution in [2.45, 2.75) is 32.0 Å². The Balaban J connectivity index is 2.65. The summed E-state index contributed by atoms with van der Waals surface area (Å²) in [6, 6.07) is 4.84. The highest BCUT2D eigenvalue weighted by molar-refractivity contribution is 5.41. The molecule has 0 aromatic heterocycles. The highest BCUT2D eigenvalue weighted by Crippen LogP contribution is 2.30. The molecule has 3 nitrogen and oxygen atoms in total. The van der Waals surface area contributed by atoms with Gasteiger partial charge >= 0.3 is 6.18 Å². The maximum Gasteiger partial charge on any atom is 0.389 e. The van der Waals surface area contributed by atoms with Crippen LogP contribution >= 0.6 is 0 Å². The SMILES string of the molecule is COc1ccc([C@@H](C)O)c(OCCCC(F)(F)F)c1. The summed E-state index contributed by atoms with van der Waals surface area (Å²) in [4.78, 5) is 0. The largest absolute Gasteiger partial charge is 0.497 e. The monoisotopic (exact) mass is 278 g/mol. The van der Waals surface area contributed by atoms with E-state index in [2.05, 4.69) is 0 Å². The van der Waals surface area contributed by atoms with Gasteiger partial charge in [0.05, 0.1) is 19.8 Å². The molecule has 0 spiro atoms. The van der Waals surface area contributed by atoms with Crippen LogP contribution in [-0.4, -0.2) is 25.0 Å². The van der Waals surface area contributed by atoms with Gasteiger partial charge in [-0.25, -0.2) is 0 Å².